The maximum absolute atomic E-state index is 9.93. The molecule has 2 aromatic carbocycles. The molecule has 0 fully saturated rings. The molecular weight excluding hydrogens is 310 g/mol. The van der Waals surface area contributed by atoms with E-state index in [2.05, 4.69) is 5.32 Å². The Labute approximate surface area is 141 Å². The minimum atomic E-state index is -0.534. The maximum Gasteiger partial charge on any atom is 0.122 e. The van der Waals surface area contributed by atoms with Crippen LogP contribution in [0.3, 0.4) is 0 Å². The average molecular weight is 333 g/mol. The van der Waals surface area contributed by atoms with E-state index in [4.69, 9.17) is 4.74 Å². The molecule has 1 atom stereocenters. The van der Waals surface area contributed by atoms with E-state index in [1.54, 1.807) is 23.9 Å². The number of aryl methyl sites for hydroxylation is 1. The number of para-hydroxylation sites is 1. The Morgan fingerprint density at radius 2 is 1.87 bits per heavy atom. The molecule has 0 heterocycles. The molecule has 0 aliphatic heterocycles. The van der Waals surface area contributed by atoms with E-state index in [1.165, 1.54) is 0 Å². The largest absolute Gasteiger partial charge is 0.508 e. The van der Waals surface area contributed by atoms with Crippen LogP contribution in [0.1, 0.15) is 5.56 Å². The van der Waals surface area contributed by atoms with Crippen LogP contribution < -0.4 is 10.1 Å². The number of hydrogen-bond acceptors (Lipinski definition) is 5. The van der Waals surface area contributed by atoms with Crippen molar-refractivity contribution in [2.75, 3.05) is 25.4 Å². The molecule has 0 saturated carbocycles. The van der Waals surface area contributed by atoms with Gasteiger partial charge in [0.15, 0.2) is 0 Å². The summed E-state index contributed by atoms with van der Waals surface area (Å²) in [4.78, 5) is 1.12. The number of hydrogen-bond donors (Lipinski definition) is 3. The summed E-state index contributed by atoms with van der Waals surface area (Å²) < 4.78 is 5.62. The summed E-state index contributed by atoms with van der Waals surface area (Å²) >= 11 is 1.71. The van der Waals surface area contributed by atoms with Gasteiger partial charge in [-0.05, 0) is 42.8 Å². The Morgan fingerprint density at radius 3 is 2.61 bits per heavy atom. The first-order chi connectivity index (χ1) is 11.1. The molecule has 23 heavy (non-hydrogen) atoms. The third-order valence-corrected chi connectivity index (χ3v) is 4.30. The van der Waals surface area contributed by atoms with Crippen molar-refractivity contribution in [3.8, 4) is 11.5 Å². The van der Waals surface area contributed by atoms with Crippen LogP contribution in [0.25, 0.3) is 0 Å². The van der Waals surface area contributed by atoms with Gasteiger partial charge in [0.1, 0.15) is 24.2 Å². The number of ether oxygens (including phenoxy) is 1. The van der Waals surface area contributed by atoms with Crippen molar-refractivity contribution >= 4 is 11.8 Å². The Kier molecular flexibility index (Phi) is 7.26. The van der Waals surface area contributed by atoms with Crippen molar-refractivity contribution in [2.45, 2.75) is 17.9 Å². The number of phenols is 1. The van der Waals surface area contributed by atoms with Gasteiger partial charge >= 0.3 is 0 Å². The van der Waals surface area contributed by atoms with Crippen molar-refractivity contribution in [3.05, 3.63) is 54.1 Å². The number of nitrogens with one attached hydrogen (secondary N) is 1. The highest BCUT2D eigenvalue weighted by molar-refractivity contribution is 7.99. The lowest BCUT2D eigenvalue weighted by Gasteiger charge is -2.14. The van der Waals surface area contributed by atoms with Gasteiger partial charge in [-0.2, -0.15) is 0 Å². The zero-order valence-corrected chi connectivity index (χ0v) is 14.1. The lowest BCUT2D eigenvalue weighted by Crippen LogP contribution is -2.32. The lowest BCUT2D eigenvalue weighted by atomic mass is 10.2. The molecular formula is C18H23NO3S. The van der Waals surface area contributed by atoms with Gasteiger partial charge in [-0.1, -0.05) is 18.2 Å². The second-order valence-corrected chi connectivity index (χ2v) is 6.45. The van der Waals surface area contributed by atoms with Gasteiger partial charge in [-0.25, -0.2) is 0 Å². The van der Waals surface area contributed by atoms with E-state index in [-0.39, 0.29) is 12.4 Å². The third-order valence-electron chi connectivity index (χ3n) is 3.29. The number of thioether (sulfide) groups is 1. The first-order valence-electron chi connectivity index (χ1n) is 7.64. The SMILES string of the molecule is Cc1ccccc1OCC(O)CNCCSc1ccc(O)cc1. The highest BCUT2D eigenvalue weighted by Crippen LogP contribution is 2.20. The fraction of sp³-hybridized carbons (Fsp3) is 0.333. The molecule has 0 amide bonds. The van der Waals surface area contributed by atoms with E-state index in [0.29, 0.717) is 6.54 Å². The number of phenolic OH excluding ortho intramolecular Hbond substituents is 1. The second kappa shape index (κ2) is 9.45. The monoisotopic (exact) mass is 333 g/mol. The van der Waals surface area contributed by atoms with Crippen molar-refractivity contribution in [1.29, 1.82) is 0 Å². The highest BCUT2D eigenvalue weighted by Gasteiger charge is 2.06. The minimum absolute atomic E-state index is 0.281. The summed E-state index contributed by atoms with van der Waals surface area (Å²) in [6.45, 7) is 3.57. The Hall–Kier alpha value is -1.69. The zero-order valence-electron chi connectivity index (χ0n) is 13.2. The second-order valence-electron chi connectivity index (χ2n) is 5.28. The number of aliphatic hydroxyl groups is 1. The van der Waals surface area contributed by atoms with Crippen LogP contribution in [0.4, 0.5) is 0 Å². The van der Waals surface area contributed by atoms with Crippen LogP contribution in [0.2, 0.25) is 0 Å². The molecule has 124 valence electrons. The lowest BCUT2D eigenvalue weighted by molar-refractivity contribution is 0.106. The first-order valence-corrected chi connectivity index (χ1v) is 8.63. The summed E-state index contributed by atoms with van der Waals surface area (Å²) in [7, 11) is 0. The molecule has 2 aromatic rings. The van der Waals surface area contributed by atoms with E-state index >= 15 is 0 Å². The number of aromatic hydroxyl groups is 1. The van der Waals surface area contributed by atoms with Crippen LogP contribution >= 0.6 is 11.8 Å². The van der Waals surface area contributed by atoms with Gasteiger partial charge in [0, 0.05) is 23.7 Å². The van der Waals surface area contributed by atoms with Crippen LogP contribution in [0.15, 0.2) is 53.4 Å². The van der Waals surface area contributed by atoms with Gasteiger partial charge in [-0.3, -0.25) is 0 Å². The van der Waals surface area contributed by atoms with Gasteiger partial charge in [0.05, 0.1) is 0 Å². The van der Waals surface area contributed by atoms with Crippen LogP contribution in [0, 0.1) is 6.92 Å². The standard InChI is InChI=1S/C18H23NO3S/c1-14-4-2-3-5-18(14)22-13-16(21)12-19-10-11-23-17-8-6-15(20)7-9-17/h2-9,16,19-21H,10-13H2,1H3. The molecule has 0 bridgehead atoms. The first kappa shape index (κ1) is 17.7. The highest BCUT2D eigenvalue weighted by atomic mass is 32.2. The molecule has 0 aliphatic rings. The normalized spacial score (nSPS) is 12.1. The van der Waals surface area contributed by atoms with E-state index in [1.807, 2.05) is 43.3 Å². The van der Waals surface area contributed by atoms with Crippen molar-refractivity contribution in [1.82, 2.24) is 5.32 Å². The van der Waals surface area contributed by atoms with Crippen molar-refractivity contribution in [3.63, 3.8) is 0 Å². The molecule has 0 saturated heterocycles. The number of aliphatic hydroxyl groups excluding tert-OH is 1. The molecule has 5 heteroatoms. The molecule has 3 N–H and O–H groups in total. The maximum atomic E-state index is 9.93. The van der Waals surface area contributed by atoms with E-state index in [9.17, 15) is 10.2 Å². The Bertz CT molecular complexity index is 589. The van der Waals surface area contributed by atoms with Gasteiger partial charge in [-0.15, -0.1) is 11.8 Å². The summed E-state index contributed by atoms with van der Waals surface area (Å²) in [6.07, 6.45) is -0.534. The van der Waals surface area contributed by atoms with Gasteiger partial charge in [0.2, 0.25) is 0 Å². The predicted octanol–water partition coefficient (Wildman–Crippen LogP) is 2.82. The van der Waals surface area contributed by atoms with E-state index < -0.39 is 6.10 Å². The molecule has 0 radical (unpaired) electrons. The molecule has 0 aromatic heterocycles. The van der Waals surface area contributed by atoms with Gasteiger partial charge < -0.3 is 20.3 Å². The van der Waals surface area contributed by atoms with Crippen LogP contribution in [-0.2, 0) is 0 Å². The van der Waals surface area contributed by atoms with Crippen LogP contribution in [0.5, 0.6) is 11.5 Å². The number of benzene rings is 2. The number of rotatable bonds is 9. The van der Waals surface area contributed by atoms with Crippen molar-refractivity contribution in [2.24, 2.45) is 0 Å². The fourth-order valence-electron chi connectivity index (χ4n) is 2.02. The summed E-state index contributed by atoms with van der Waals surface area (Å²) in [5, 5.41) is 22.4. The fourth-order valence-corrected chi connectivity index (χ4v) is 2.83. The molecule has 0 spiro atoms. The molecule has 0 aliphatic carbocycles. The quantitative estimate of drug-likeness (QED) is 0.486. The third kappa shape index (κ3) is 6.52. The van der Waals surface area contributed by atoms with Crippen LogP contribution in [-0.4, -0.2) is 41.8 Å². The minimum Gasteiger partial charge on any atom is -0.508 e. The van der Waals surface area contributed by atoms with E-state index in [0.717, 1.165) is 28.5 Å². The predicted molar refractivity (Wildman–Crippen MR) is 94.4 cm³/mol. The summed E-state index contributed by atoms with van der Waals surface area (Å²) in [5.74, 6) is 1.99. The Morgan fingerprint density at radius 1 is 1.13 bits per heavy atom. The topological polar surface area (TPSA) is 61.7 Å². The summed E-state index contributed by atoms with van der Waals surface area (Å²) in [6, 6.07) is 14.9. The summed E-state index contributed by atoms with van der Waals surface area (Å²) in [5.41, 5.74) is 1.07. The average Bonchev–Trinajstić information content (AvgIpc) is 2.55. The smallest absolute Gasteiger partial charge is 0.122 e. The molecule has 2 rings (SSSR count). The molecule has 4 nitrogen and oxygen atoms in total. The van der Waals surface area contributed by atoms with Crippen molar-refractivity contribution < 1.29 is 14.9 Å². The zero-order chi connectivity index (χ0) is 16.5. The Balaban J connectivity index is 1.57. The molecule has 1 unspecified atom stereocenters. The van der Waals surface area contributed by atoms with Gasteiger partial charge in [0.25, 0.3) is 0 Å².